The molecule has 2 aromatic rings. The summed E-state index contributed by atoms with van der Waals surface area (Å²) in [6, 6.07) is 5.32. The van der Waals surface area contributed by atoms with E-state index in [1.165, 1.54) is 17.1 Å². The number of alkyl halides is 1. The van der Waals surface area contributed by atoms with Gasteiger partial charge in [0.15, 0.2) is 0 Å². The van der Waals surface area contributed by atoms with Crippen LogP contribution in [-0.4, -0.2) is 51.9 Å². The quantitative estimate of drug-likeness (QED) is 0.417. The van der Waals surface area contributed by atoms with E-state index in [2.05, 4.69) is 10.5 Å². The monoisotopic (exact) mass is 455 g/mol. The zero-order chi connectivity index (χ0) is 24.3. The van der Waals surface area contributed by atoms with Gasteiger partial charge in [-0.05, 0) is 23.1 Å². The third kappa shape index (κ3) is 5.37. The number of hydrazine groups is 1. The van der Waals surface area contributed by atoms with Crippen LogP contribution in [0.25, 0.3) is 5.69 Å². The largest absolute Gasteiger partial charge is 0.392 e. The normalized spacial score (nSPS) is 16.7. The maximum atomic E-state index is 14.7. The number of aliphatic hydroxyl groups excluding tert-OH is 1. The fourth-order valence-corrected chi connectivity index (χ4v) is 3.81. The Morgan fingerprint density at radius 2 is 2.15 bits per heavy atom. The molecule has 0 saturated heterocycles. The van der Waals surface area contributed by atoms with Gasteiger partial charge in [0.2, 0.25) is 0 Å². The highest BCUT2D eigenvalue weighted by Crippen LogP contribution is 2.36. The van der Waals surface area contributed by atoms with Crippen molar-refractivity contribution in [3.63, 3.8) is 0 Å². The third-order valence-electron chi connectivity index (χ3n) is 5.69. The van der Waals surface area contributed by atoms with Crippen LogP contribution in [0.1, 0.15) is 43.1 Å². The molecule has 0 spiro atoms. The van der Waals surface area contributed by atoms with Gasteiger partial charge in [-0.25, -0.2) is 14.1 Å². The first-order chi connectivity index (χ1) is 15.5. The smallest absolute Gasteiger partial charge is 0.251 e. The predicted octanol–water partition coefficient (Wildman–Crippen LogP) is 2.93. The number of anilines is 1. The van der Waals surface area contributed by atoms with Crippen molar-refractivity contribution in [3.05, 3.63) is 64.5 Å². The van der Waals surface area contributed by atoms with Crippen molar-refractivity contribution in [3.8, 4) is 5.69 Å². The Labute approximate surface area is 192 Å². The molecule has 3 rings (SSSR count). The number of nitrogens with one attached hydrogen (secondary N) is 1. The molecule has 0 aliphatic heterocycles. The summed E-state index contributed by atoms with van der Waals surface area (Å²) in [6.07, 6.45) is 4.24. The molecule has 0 fully saturated rings. The highest BCUT2D eigenvalue weighted by Gasteiger charge is 2.29. The van der Waals surface area contributed by atoms with Crippen molar-refractivity contribution < 1.29 is 19.1 Å². The number of halogens is 1. The topological polar surface area (TPSA) is 113 Å². The zero-order valence-corrected chi connectivity index (χ0v) is 19.3. The molecule has 9 heteroatoms. The molecule has 1 aromatic carbocycles. The van der Waals surface area contributed by atoms with Crippen LogP contribution >= 0.6 is 0 Å². The van der Waals surface area contributed by atoms with Crippen LogP contribution in [0.15, 0.2) is 53.4 Å². The number of hydrogen-bond acceptors (Lipinski definition) is 6. The van der Waals surface area contributed by atoms with Gasteiger partial charge in [-0.15, -0.1) is 0 Å². The molecule has 1 aromatic heterocycles. The van der Waals surface area contributed by atoms with Crippen molar-refractivity contribution >= 4 is 17.9 Å². The van der Waals surface area contributed by atoms with Gasteiger partial charge in [0.05, 0.1) is 29.7 Å². The highest BCUT2D eigenvalue weighted by molar-refractivity contribution is 5.92. The molecule has 1 aliphatic carbocycles. The van der Waals surface area contributed by atoms with E-state index in [0.29, 0.717) is 28.8 Å². The Balaban J connectivity index is 1.88. The third-order valence-corrected chi connectivity index (χ3v) is 5.69. The molecule has 8 nitrogen and oxygen atoms in total. The van der Waals surface area contributed by atoms with Crippen LogP contribution in [0.3, 0.4) is 0 Å². The lowest BCUT2D eigenvalue weighted by Gasteiger charge is -2.31. The Kier molecular flexibility index (Phi) is 7.14. The summed E-state index contributed by atoms with van der Waals surface area (Å²) >= 11 is 0. The number of aldehydes is 1. The Bertz CT molecular complexity index is 1110. The summed E-state index contributed by atoms with van der Waals surface area (Å²) in [4.78, 5) is 23.0. The van der Waals surface area contributed by atoms with Crippen molar-refractivity contribution in [1.82, 2.24) is 14.8 Å². The average Bonchev–Trinajstić information content (AvgIpc) is 3.23. The SMILES string of the molecule is CN(CC1=C(C=O)C(F)CC(C(C)(C)C)=C1)Nc1cccc(-n2cc(C(N)=O)cn2)c1CO. The fraction of sp³-hybridized carbons (Fsp3) is 0.375. The zero-order valence-electron chi connectivity index (χ0n) is 19.3. The Morgan fingerprint density at radius 1 is 1.42 bits per heavy atom. The molecule has 1 unspecified atom stereocenters. The predicted molar refractivity (Wildman–Crippen MR) is 124 cm³/mol. The minimum absolute atomic E-state index is 0.156. The van der Waals surface area contributed by atoms with Crippen LogP contribution in [0.5, 0.6) is 0 Å². The second-order valence-corrected chi connectivity index (χ2v) is 9.16. The van der Waals surface area contributed by atoms with Crippen LogP contribution in [0, 0.1) is 5.41 Å². The molecule has 1 heterocycles. The molecular formula is C24H30FN5O3. The number of aliphatic hydroxyl groups is 1. The molecule has 0 bridgehead atoms. The number of hydrogen-bond donors (Lipinski definition) is 3. The van der Waals surface area contributed by atoms with Crippen LogP contribution in [-0.2, 0) is 11.4 Å². The van der Waals surface area contributed by atoms with E-state index in [0.717, 1.165) is 5.57 Å². The van der Waals surface area contributed by atoms with E-state index in [9.17, 15) is 19.1 Å². The molecule has 1 amide bonds. The molecule has 0 saturated carbocycles. The Hall–Kier alpha value is -3.30. The van der Waals surface area contributed by atoms with Crippen molar-refractivity contribution in [2.45, 2.75) is 40.0 Å². The second-order valence-electron chi connectivity index (χ2n) is 9.16. The molecular weight excluding hydrogens is 425 g/mol. The number of carbonyl (C=O) groups excluding carboxylic acids is 2. The number of nitrogens with two attached hydrogens (primary N) is 1. The lowest BCUT2D eigenvalue weighted by atomic mass is 9.78. The second kappa shape index (κ2) is 9.68. The van der Waals surface area contributed by atoms with Crippen LogP contribution < -0.4 is 11.2 Å². The van der Waals surface area contributed by atoms with E-state index in [1.807, 2.05) is 26.8 Å². The number of allylic oxidation sites excluding steroid dienone is 2. The number of amides is 1. The maximum absolute atomic E-state index is 14.7. The lowest BCUT2D eigenvalue weighted by Crippen LogP contribution is -2.31. The number of carbonyl (C=O) groups is 2. The first kappa shape index (κ1) is 24.3. The molecule has 33 heavy (non-hydrogen) atoms. The average molecular weight is 456 g/mol. The number of likely N-dealkylation sites (N-methyl/N-ethyl adjacent to an activating group) is 1. The number of nitrogens with zero attached hydrogens (tertiary/aromatic N) is 3. The van der Waals surface area contributed by atoms with E-state index in [-0.39, 0.29) is 36.1 Å². The highest BCUT2D eigenvalue weighted by atomic mass is 19.1. The number of benzene rings is 1. The van der Waals surface area contributed by atoms with Gasteiger partial charge in [-0.3, -0.25) is 9.59 Å². The molecule has 1 atom stereocenters. The van der Waals surface area contributed by atoms with E-state index in [4.69, 9.17) is 5.73 Å². The van der Waals surface area contributed by atoms with Crippen LogP contribution in [0.2, 0.25) is 0 Å². The summed E-state index contributed by atoms with van der Waals surface area (Å²) in [7, 11) is 1.77. The van der Waals surface area contributed by atoms with Gasteiger partial charge >= 0.3 is 0 Å². The van der Waals surface area contributed by atoms with Gasteiger partial charge in [-0.1, -0.05) is 38.5 Å². The summed E-state index contributed by atoms with van der Waals surface area (Å²) < 4.78 is 16.2. The van der Waals surface area contributed by atoms with Crippen molar-refractivity contribution in [1.29, 1.82) is 0 Å². The van der Waals surface area contributed by atoms with Crippen LogP contribution in [0.4, 0.5) is 10.1 Å². The number of rotatable bonds is 8. The van der Waals surface area contributed by atoms with Crippen molar-refractivity contribution in [2.24, 2.45) is 11.1 Å². The minimum atomic E-state index is -1.33. The van der Waals surface area contributed by atoms with Crippen molar-refractivity contribution in [2.75, 3.05) is 19.0 Å². The van der Waals surface area contributed by atoms with E-state index < -0.39 is 12.1 Å². The van der Waals surface area contributed by atoms with E-state index in [1.54, 1.807) is 30.3 Å². The van der Waals surface area contributed by atoms with Gasteiger partial charge < -0.3 is 16.3 Å². The summed E-state index contributed by atoms with van der Waals surface area (Å²) in [5.74, 6) is -0.596. The molecule has 4 N–H and O–H groups in total. The first-order valence-electron chi connectivity index (χ1n) is 10.6. The summed E-state index contributed by atoms with van der Waals surface area (Å²) in [5.41, 5.74) is 12.0. The molecule has 0 radical (unpaired) electrons. The van der Waals surface area contributed by atoms with Gasteiger partial charge in [-0.2, -0.15) is 5.10 Å². The van der Waals surface area contributed by atoms with Gasteiger partial charge in [0.1, 0.15) is 12.5 Å². The number of primary amides is 1. The van der Waals surface area contributed by atoms with Gasteiger partial charge in [0, 0.05) is 37.3 Å². The maximum Gasteiger partial charge on any atom is 0.251 e. The van der Waals surface area contributed by atoms with E-state index >= 15 is 0 Å². The minimum Gasteiger partial charge on any atom is -0.392 e. The fourth-order valence-electron chi connectivity index (χ4n) is 3.81. The number of aromatic nitrogens is 2. The first-order valence-corrected chi connectivity index (χ1v) is 10.6. The lowest BCUT2D eigenvalue weighted by molar-refractivity contribution is -0.105. The standard InChI is InChI=1S/C24H30FN5O3/c1-24(2,3)17-8-15(18(13-31)20(25)9-17)11-29(4)28-21-6-5-7-22(19(21)14-32)30-12-16(10-27-30)23(26)33/h5-8,10,12-13,20,28,32H,9,11,14H2,1-4H3,(H2,26,33). The molecule has 176 valence electrons. The Morgan fingerprint density at radius 3 is 2.73 bits per heavy atom. The summed E-state index contributed by atoms with van der Waals surface area (Å²) in [6.45, 7) is 6.05. The molecule has 1 aliphatic rings. The summed E-state index contributed by atoms with van der Waals surface area (Å²) in [5, 5.41) is 15.9. The van der Waals surface area contributed by atoms with Gasteiger partial charge in [0.25, 0.3) is 5.91 Å².